The van der Waals surface area contributed by atoms with Crippen molar-refractivity contribution >= 4 is 11.9 Å². The first-order chi connectivity index (χ1) is 13.8. The zero-order chi connectivity index (χ0) is 20.4. The number of allylic oxidation sites excluding steroid dienone is 1. The normalized spacial score (nSPS) is 47.9. The molecule has 5 aliphatic carbocycles. The first kappa shape index (κ1) is 19.6. The summed E-state index contributed by atoms with van der Waals surface area (Å²) >= 11 is 0. The van der Waals surface area contributed by atoms with Gasteiger partial charge in [-0.25, -0.2) is 0 Å². The summed E-state index contributed by atoms with van der Waals surface area (Å²) in [6.45, 7) is 5.50. The van der Waals surface area contributed by atoms with Crippen molar-refractivity contribution in [1.82, 2.24) is 0 Å². The Hall–Kier alpha value is -1.32. The van der Waals surface area contributed by atoms with Crippen molar-refractivity contribution in [2.24, 2.45) is 34.5 Å². The Morgan fingerprint density at radius 2 is 1.79 bits per heavy atom. The quantitative estimate of drug-likeness (QED) is 0.472. The molecule has 1 unspecified atom stereocenters. The SMILES string of the molecule is CC(=O)O[C@H]1CC[C@H]2[C@@H]3CC=C4C[C@@H](OC(C)=O)C5CCC[C@@]4(C5)[C@H]3CC[C@]12C. The molecule has 4 nitrogen and oxygen atoms in total. The molecular formula is C25H36O4. The zero-order valence-corrected chi connectivity index (χ0v) is 18.2. The number of carbonyl (C=O) groups is 2. The molecule has 0 aromatic rings. The lowest BCUT2D eigenvalue weighted by atomic mass is 9.44. The van der Waals surface area contributed by atoms with E-state index in [1.165, 1.54) is 44.9 Å². The van der Waals surface area contributed by atoms with Crippen LogP contribution in [-0.2, 0) is 19.1 Å². The Labute approximate surface area is 174 Å². The highest BCUT2D eigenvalue weighted by atomic mass is 16.5. The molecule has 8 atom stereocenters. The summed E-state index contributed by atoms with van der Waals surface area (Å²) in [4.78, 5) is 23.3. The molecule has 0 aromatic heterocycles. The minimum atomic E-state index is -0.127. The minimum absolute atomic E-state index is 0.0948. The van der Waals surface area contributed by atoms with E-state index in [2.05, 4.69) is 13.0 Å². The van der Waals surface area contributed by atoms with Crippen LogP contribution >= 0.6 is 0 Å². The van der Waals surface area contributed by atoms with Crippen LogP contribution in [0.5, 0.6) is 0 Å². The first-order valence-corrected chi connectivity index (χ1v) is 11.9. The molecule has 1 spiro atoms. The van der Waals surface area contributed by atoms with Gasteiger partial charge in [0.2, 0.25) is 0 Å². The fourth-order valence-corrected chi connectivity index (χ4v) is 8.69. The summed E-state index contributed by atoms with van der Waals surface area (Å²) in [7, 11) is 0. The molecule has 4 saturated carbocycles. The van der Waals surface area contributed by atoms with E-state index in [9.17, 15) is 9.59 Å². The van der Waals surface area contributed by atoms with E-state index in [1.807, 2.05) is 0 Å². The topological polar surface area (TPSA) is 52.6 Å². The lowest BCUT2D eigenvalue weighted by Crippen LogP contribution is -2.55. The van der Waals surface area contributed by atoms with Crippen LogP contribution in [0.1, 0.15) is 85.0 Å². The highest BCUT2D eigenvalue weighted by Crippen LogP contribution is 2.68. The van der Waals surface area contributed by atoms with Crippen LogP contribution < -0.4 is 0 Å². The molecule has 29 heavy (non-hydrogen) atoms. The second-order valence-corrected chi connectivity index (χ2v) is 10.9. The lowest BCUT2D eigenvalue weighted by molar-refractivity contribution is -0.160. The number of carbonyl (C=O) groups excluding carboxylic acids is 2. The Morgan fingerprint density at radius 1 is 1.00 bits per heavy atom. The molecule has 0 aliphatic heterocycles. The van der Waals surface area contributed by atoms with E-state index in [0.29, 0.717) is 17.3 Å². The highest BCUT2D eigenvalue weighted by molar-refractivity contribution is 5.66. The van der Waals surface area contributed by atoms with E-state index in [0.717, 1.165) is 31.1 Å². The number of hydrogen-bond donors (Lipinski definition) is 0. The maximum Gasteiger partial charge on any atom is 0.302 e. The van der Waals surface area contributed by atoms with Crippen molar-refractivity contribution in [3.63, 3.8) is 0 Å². The summed E-state index contributed by atoms with van der Waals surface area (Å²) in [5.74, 6) is 2.44. The van der Waals surface area contributed by atoms with Gasteiger partial charge in [0, 0.05) is 25.7 Å². The predicted octanol–water partition coefficient (Wildman–Crippen LogP) is 5.20. The van der Waals surface area contributed by atoms with Crippen molar-refractivity contribution in [3.05, 3.63) is 11.6 Å². The van der Waals surface area contributed by atoms with Gasteiger partial charge in [0.1, 0.15) is 12.2 Å². The van der Waals surface area contributed by atoms with Gasteiger partial charge in [-0.2, -0.15) is 0 Å². The number of ether oxygens (including phenoxy) is 2. The standard InChI is InChI=1S/C25H36O4/c1-15(26)28-22-13-18-6-7-19-20-8-9-23(29-16(2)27)24(20,3)12-10-21(19)25(18)11-4-5-17(22)14-25/h6,17,19-23H,4-5,7-14H2,1-3H3/t17?,19-,20-,21-,22+,23-,24-,25-/m0/s1. The van der Waals surface area contributed by atoms with E-state index in [1.54, 1.807) is 19.4 Å². The second-order valence-electron chi connectivity index (χ2n) is 10.9. The molecule has 4 fully saturated rings. The van der Waals surface area contributed by atoms with Gasteiger partial charge in [-0.3, -0.25) is 9.59 Å². The minimum Gasteiger partial charge on any atom is -0.462 e. The van der Waals surface area contributed by atoms with Crippen LogP contribution in [-0.4, -0.2) is 24.1 Å². The van der Waals surface area contributed by atoms with Gasteiger partial charge in [0.05, 0.1) is 0 Å². The Kier molecular flexibility index (Phi) is 4.64. The van der Waals surface area contributed by atoms with E-state index in [-0.39, 0.29) is 29.6 Å². The number of esters is 2. The molecule has 0 saturated heterocycles. The predicted molar refractivity (Wildman–Crippen MR) is 110 cm³/mol. The third-order valence-electron chi connectivity index (χ3n) is 9.73. The number of rotatable bonds is 2. The van der Waals surface area contributed by atoms with Crippen LogP contribution in [0, 0.1) is 34.5 Å². The fraction of sp³-hybridized carbons (Fsp3) is 0.840. The monoisotopic (exact) mass is 400 g/mol. The van der Waals surface area contributed by atoms with Gasteiger partial charge in [0.15, 0.2) is 0 Å². The molecule has 5 rings (SSSR count). The average Bonchev–Trinajstić information content (AvgIpc) is 2.98. The number of fused-ring (bicyclic) bond motifs is 4. The lowest BCUT2D eigenvalue weighted by Gasteiger charge is -2.61. The molecular weight excluding hydrogens is 364 g/mol. The van der Waals surface area contributed by atoms with Gasteiger partial charge < -0.3 is 9.47 Å². The second kappa shape index (κ2) is 6.85. The summed E-state index contributed by atoms with van der Waals surface area (Å²) in [6, 6.07) is 0. The van der Waals surface area contributed by atoms with Gasteiger partial charge >= 0.3 is 11.9 Å². The molecule has 160 valence electrons. The summed E-state index contributed by atoms with van der Waals surface area (Å²) in [5.41, 5.74) is 2.11. The maximum absolute atomic E-state index is 11.7. The fourth-order valence-electron chi connectivity index (χ4n) is 8.69. The molecule has 0 radical (unpaired) electrons. The van der Waals surface area contributed by atoms with E-state index in [4.69, 9.17) is 9.47 Å². The summed E-state index contributed by atoms with van der Waals surface area (Å²) < 4.78 is 11.6. The molecule has 5 aliphatic rings. The van der Waals surface area contributed by atoms with Crippen molar-refractivity contribution in [2.45, 2.75) is 97.2 Å². The first-order valence-electron chi connectivity index (χ1n) is 11.9. The maximum atomic E-state index is 11.7. The van der Waals surface area contributed by atoms with Crippen LogP contribution in [0.25, 0.3) is 0 Å². The van der Waals surface area contributed by atoms with Crippen molar-refractivity contribution in [3.8, 4) is 0 Å². The third kappa shape index (κ3) is 2.91. The van der Waals surface area contributed by atoms with Gasteiger partial charge in [-0.05, 0) is 80.5 Å². The Balaban J connectivity index is 1.44. The van der Waals surface area contributed by atoms with Crippen LogP contribution in [0.3, 0.4) is 0 Å². The molecule has 0 heterocycles. The molecule has 0 amide bonds. The van der Waals surface area contributed by atoms with Crippen molar-refractivity contribution < 1.29 is 19.1 Å². The third-order valence-corrected chi connectivity index (χ3v) is 9.73. The van der Waals surface area contributed by atoms with Crippen LogP contribution in [0.2, 0.25) is 0 Å². The van der Waals surface area contributed by atoms with Crippen LogP contribution in [0.15, 0.2) is 11.6 Å². The largest absolute Gasteiger partial charge is 0.462 e. The highest BCUT2D eigenvalue weighted by Gasteiger charge is 2.62. The van der Waals surface area contributed by atoms with Crippen molar-refractivity contribution in [1.29, 1.82) is 0 Å². The zero-order valence-electron chi connectivity index (χ0n) is 18.2. The number of hydrogen-bond acceptors (Lipinski definition) is 4. The smallest absolute Gasteiger partial charge is 0.302 e. The van der Waals surface area contributed by atoms with Gasteiger partial charge in [-0.15, -0.1) is 0 Å². The molecule has 2 bridgehead atoms. The van der Waals surface area contributed by atoms with E-state index < -0.39 is 0 Å². The molecule has 0 N–H and O–H groups in total. The summed E-state index contributed by atoms with van der Waals surface area (Å²) in [5, 5.41) is 0. The summed E-state index contributed by atoms with van der Waals surface area (Å²) in [6.07, 6.45) is 14.6. The van der Waals surface area contributed by atoms with Gasteiger partial charge in [0.25, 0.3) is 0 Å². The average molecular weight is 401 g/mol. The Morgan fingerprint density at radius 3 is 2.55 bits per heavy atom. The Bertz CT molecular complexity index is 741. The van der Waals surface area contributed by atoms with Crippen molar-refractivity contribution in [2.75, 3.05) is 0 Å². The van der Waals surface area contributed by atoms with E-state index >= 15 is 0 Å². The van der Waals surface area contributed by atoms with Gasteiger partial charge in [-0.1, -0.05) is 25.0 Å². The molecule has 0 aromatic carbocycles. The van der Waals surface area contributed by atoms with Crippen LogP contribution in [0.4, 0.5) is 0 Å². The molecule has 4 heteroatoms.